The summed E-state index contributed by atoms with van der Waals surface area (Å²) in [6.45, 7) is 0. The molecule has 0 radical (unpaired) electrons. The number of para-hydroxylation sites is 2. The van der Waals surface area contributed by atoms with E-state index >= 15 is 0 Å². The first-order chi connectivity index (χ1) is 30.2. The molecular weight excluding hydrogens is 743 g/mol. The third-order valence-corrected chi connectivity index (χ3v) is 11.8. The molecule has 9 aromatic carbocycles. The maximum atomic E-state index is 5.24. The molecule has 3 aromatic heterocycles. The monoisotopic (exact) mass is 777 g/mol. The summed E-state index contributed by atoms with van der Waals surface area (Å²) in [5.74, 6) is 1.94. The summed E-state index contributed by atoms with van der Waals surface area (Å²) in [5.41, 5.74) is 11.7. The van der Waals surface area contributed by atoms with Crippen molar-refractivity contribution in [3.05, 3.63) is 212 Å². The Balaban J connectivity index is 1.02. The van der Waals surface area contributed by atoms with Crippen LogP contribution in [0, 0.1) is 0 Å². The minimum Gasteiger partial charge on any atom is -0.309 e. The van der Waals surface area contributed by atoms with E-state index in [-0.39, 0.29) is 0 Å². The highest BCUT2D eigenvalue weighted by molar-refractivity contribution is 6.29. The van der Waals surface area contributed by atoms with E-state index in [0.717, 1.165) is 82.9 Å². The summed E-state index contributed by atoms with van der Waals surface area (Å²) in [5, 5.41) is 8.21. The fourth-order valence-corrected chi connectivity index (χ4v) is 8.90. The Bertz CT molecular complexity index is 3560. The van der Waals surface area contributed by atoms with Crippen molar-refractivity contribution in [3.8, 4) is 62.2 Å². The fraction of sp³-hybridized carbons (Fsp3) is 0. The van der Waals surface area contributed by atoms with Gasteiger partial charge in [0.1, 0.15) is 0 Å². The van der Waals surface area contributed by atoms with Crippen LogP contribution in [-0.4, -0.2) is 24.5 Å². The quantitative estimate of drug-likeness (QED) is 0.158. The largest absolute Gasteiger partial charge is 0.309 e. The summed E-state index contributed by atoms with van der Waals surface area (Å²) >= 11 is 0. The van der Waals surface area contributed by atoms with Gasteiger partial charge >= 0.3 is 0 Å². The molecule has 0 saturated carbocycles. The molecule has 0 spiro atoms. The zero-order valence-corrected chi connectivity index (χ0v) is 32.9. The molecule has 0 aliphatic rings. The van der Waals surface area contributed by atoms with E-state index in [4.69, 9.17) is 19.9 Å². The van der Waals surface area contributed by atoms with Crippen LogP contribution in [0.1, 0.15) is 0 Å². The van der Waals surface area contributed by atoms with Crippen molar-refractivity contribution in [1.82, 2.24) is 24.5 Å². The molecule has 0 amide bonds. The van der Waals surface area contributed by atoms with Crippen molar-refractivity contribution in [3.63, 3.8) is 0 Å². The second kappa shape index (κ2) is 14.2. The second-order valence-electron chi connectivity index (χ2n) is 15.4. The van der Waals surface area contributed by atoms with Crippen molar-refractivity contribution in [1.29, 1.82) is 0 Å². The molecule has 0 N–H and O–H groups in total. The van der Waals surface area contributed by atoms with Crippen molar-refractivity contribution < 1.29 is 0 Å². The van der Waals surface area contributed by atoms with Crippen LogP contribution in [0.15, 0.2) is 212 Å². The molecule has 3 heterocycles. The van der Waals surface area contributed by atoms with E-state index in [0.29, 0.717) is 17.5 Å². The van der Waals surface area contributed by atoms with E-state index < -0.39 is 0 Å². The number of hydrogen-bond donors (Lipinski definition) is 0. The number of rotatable bonds is 6. The summed E-state index contributed by atoms with van der Waals surface area (Å²) in [6.07, 6.45) is 0. The Hall–Kier alpha value is -8.28. The van der Waals surface area contributed by atoms with Crippen LogP contribution in [0.25, 0.3) is 116 Å². The molecule has 12 rings (SSSR count). The maximum Gasteiger partial charge on any atom is 0.164 e. The third-order valence-electron chi connectivity index (χ3n) is 11.8. The minimum absolute atomic E-state index is 0.643. The smallest absolute Gasteiger partial charge is 0.164 e. The molecule has 0 fully saturated rings. The first kappa shape index (κ1) is 34.7. The molecule has 0 unspecified atom stereocenters. The van der Waals surface area contributed by atoms with E-state index in [1.807, 2.05) is 60.7 Å². The first-order valence-corrected chi connectivity index (χ1v) is 20.6. The minimum atomic E-state index is 0.643. The van der Waals surface area contributed by atoms with Crippen molar-refractivity contribution in [2.45, 2.75) is 0 Å². The number of benzene rings is 9. The van der Waals surface area contributed by atoms with Gasteiger partial charge in [0.05, 0.1) is 22.2 Å². The summed E-state index contributed by atoms with van der Waals surface area (Å²) in [6, 6.07) is 74.7. The second-order valence-corrected chi connectivity index (χ2v) is 15.4. The van der Waals surface area contributed by atoms with Crippen LogP contribution in [0.3, 0.4) is 0 Å². The molecule has 0 atom stereocenters. The number of pyridine rings is 1. The summed E-state index contributed by atoms with van der Waals surface area (Å²) in [7, 11) is 0. The molecule has 0 saturated heterocycles. The standard InChI is InChI=1S/C56H35N5/c1-5-15-36(16-6-1)53-47-31-32-49-52(51(47)45-23-13-14-24-48(45)57-53)46-30-29-42(35-50(46)61(49)44-21-11-4-12-22-44)40-25-26-41-34-43(28-27-39(41)33-40)56-59-54(37-17-7-2-8-18-37)58-55(60-56)38-19-9-3-10-20-38/h1-35H. The number of nitrogens with zero attached hydrogens (tertiary/aromatic N) is 5. The molecule has 0 bridgehead atoms. The van der Waals surface area contributed by atoms with Gasteiger partial charge in [0.25, 0.3) is 0 Å². The number of aromatic nitrogens is 5. The van der Waals surface area contributed by atoms with Gasteiger partial charge in [0.2, 0.25) is 0 Å². The van der Waals surface area contributed by atoms with Crippen LogP contribution in [0.2, 0.25) is 0 Å². The molecule has 0 aliphatic carbocycles. The first-order valence-electron chi connectivity index (χ1n) is 20.6. The van der Waals surface area contributed by atoms with Gasteiger partial charge in [-0.1, -0.05) is 170 Å². The molecule has 61 heavy (non-hydrogen) atoms. The molecule has 12 aromatic rings. The average Bonchev–Trinajstić information content (AvgIpc) is 3.68. The number of fused-ring (bicyclic) bond motifs is 8. The number of hydrogen-bond acceptors (Lipinski definition) is 4. The van der Waals surface area contributed by atoms with Gasteiger partial charge in [-0.15, -0.1) is 0 Å². The fourth-order valence-electron chi connectivity index (χ4n) is 8.90. The topological polar surface area (TPSA) is 56.5 Å². The molecule has 0 aliphatic heterocycles. The van der Waals surface area contributed by atoms with E-state index in [1.165, 1.54) is 16.2 Å². The van der Waals surface area contributed by atoms with Gasteiger partial charge in [-0.3, -0.25) is 0 Å². The van der Waals surface area contributed by atoms with Crippen LogP contribution in [-0.2, 0) is 0 Å². The molecular formula is C56H35N5. The lowest BCUT2D eigenvalue weighted by atomic mass is 9.95. The lowest BCUT2D eigenvalue weighted by Gasteiger charge is -2.12. The summed E-state index contributed by atoms with van der Waals surface area (Å²) < 4.78 is 2.42. The predicted octanol–water partition coefficient (Wildman–Crippen LogP) is 14.2. The zero-order chi connectivity index (χ0) is 40.3. The van der Waals surface area contributed by atoms with E-state index in [1.54, 1.807) is 0 Å². The third kappa shape index (κ3) is 5.94. The van der Waals surface area contributed by atoms with Crippen LogP contribution in [0.4, 0.5) is 0 Å². The Morgan fingerprint density at radius 2 is 0.803 bits per heavy atom. The highest BCUT2D eigenvalue weighted by atomic mass is 15.0. The van der Waals surface area contributed by atoms with E-state index in [9.17, 15) is 0 Å². The lowest BCUT2D eigenvalue weighted by Crippen LogP contribution is -2.00. The molecule has 5 nitrogen and oxygen atoms in total. The molecule has 5 heteroatoms. The van der Waals surface area contributed by atoms with Gasteiger partial charge < -0.3 is 4.57 Å². The predicted molar refractivity (Wildman–Crippen MR) is 252 cm³/mol. The Morgan fingerprint density at radius 3 is 1.48 bits per heavy atom. The van der Waals surface area contributed by atoms with E-state index in [2.05, 4.69) is 156 Å². The lowest BCUT2D eigenvalue weighted by molar-refractivity contribution is 1.07. The van der Waals surface area contributed by atoms with Gasteiger partial charge in [-0.25, -0.2) is 19.9 Å². The van der Waals surface area contributed by atoms with Crippen LogP contribution < -0.4 is 0 Å². The van der Waals surface area contributed by atoms with Crippen molar-refractivity contribution in [2.24, 2.45) is 0 Å². The highest BCUT2D eigenvalue weighted by Gasteiger charge is 2.20. The Labute approximate surface area is 351 Å². The van der Waals surface area contributed by atoms with Crippen molar-refractivity contribution in [2.75, 3.05) is 0 Å². The maximum absolute atomic E-state index is 5.24. The average molecular weight is 778 g/mol. The zero-order valence-electron chi connectivity index (χ0n) is 32.9. The highest BCUT2D eigenvalue weighted by Crippen LogP contribution is 2.43. The van der Waals surface area contributed by atoms with Crippen molar-refractivity contribution >= 4 is 54.3 Å². The normalized spacial score (nSPS) is 11.6. The SMILES string of the molecule is c1ccc(-c2nc(-c3ccccc3)nc(-c3ccc4cc(-c5ccc6c7c8c(ccc7n(-c7ccccc7)c6c5)c(-c5ccccc5)nc5ccccc58)ccc4c3)n2)cc1. The van der Waals surface area contributed by atoms with Gasteiger partial charge in [0, 0.05) is 54.9 Å². The Morgan fingerprint density at radius 1 is 0.295 bits per heavy atom. The van der Waals surface area contributed by atoms with Gasteiger partial charge in [-0.2, -0.15) is 0 Å². The van der Waals surface area contributed by atoms with Gasteiger partial charge in [-0.05, 0) is 64.4 Å². The van der Waals surface area contributed by atoms with Crippen LogP contribution >= 0.6 is 0 Å². The summed E-state index contributed by atoms with van der Waals surface area (Å²) in [4.78, 5) is 20.1. The van der Waals surface area contributed by atoms with Crippen LogP contribution in [0.5, 0.6) is 0 Å². The Kier molecular flexibility index (Phi) is 8.10. The molecule has 284 valence electrons. The van der Waals surface area contributed by atoms with Gasteiger partial charge in [0.15, 0.2) is 17.5 Å².